The van der Waals surface area contributed by atoms with Crippen molar-refractivity contribution in [2.45, 2.75) is 39.5 Å². The monoisotopic (exact) mass is 369 g/mol. The summed E-state index contributed by atoms with van der Waals surface area (Å²) in [4.78, 5) is 25.6. The van der Waals surface area contributed by atoms with Crippen LogP contribution in [0.15, 0.2) is 24.3 Å². The number of carbonyl (C=O) groups is 2. The summed E-state index contributed by atoms with van der Waals surface area (Å²) in [6.07, 6.45) is 1.07. The summed E-state index contributed by atoms with van der Waals surface area (Å²) in [5, 5.41) is 0. The number of aryl methyl sites for hydroxylation is 1. The van der Waals surface area contributed by atoms with Crippen molar-refractivity contribution in [3.8, 4) is 16.9 Å². The minimum Gasteiger partial charge on any atom is -0.493 e. The van der Waals surface area contributed by atoms with E-state index in [-0.39, 0.29) is 22.6 Å². The molecule has 27 heavy (non-hydrogen) atoms. The third-order valence-electron chi connectivity index (χ3n) is 5.27. The molecule has 1 amide bonds. The largest absolute Gasteiger partial charge is 0.493 e. The molecule has 3 rings (SSSR count). The van der Waals surface area contributed by atoms with E-state index in [4.69, 9.17) is 4.74 Å². The standard InChI is InChI=1S/C22H24FNO3/c1-6-24-19-10-15(13(2)7-17(19)22(3,4)11-20(24)26)16-8-14(12-25)9-18(23)21(16)27-5/h7-10,12H,6,11H2,1-5H3. The summed E-state index contributed by atoms with van der Waals surface area (Å²) in [6.45, 7) is 8.56. The number of ether oxygens (including phenoxy) is 1. The second kappa shape index (κ2) is 6.80. The Kier molecular flexibility index (Phi) is 4.81. The average molecular weight is 369 g/mol. The first kappa shape index (κ1) is 19.1. The highest BCUT2D eigenvalue weighted by Gasteiger charge is 2.36. The van der Waals surface area contributed by atoms with E-state index < -0.39 is 5.82 Å². The molecule has 1 aliphatic rings. The minimum absolute atomic E-state index is 0.0737. The number of carbonyl (C=O) groups excluding carboxylic acids is 2. The zero-order valence-corrected chi connectivity index (χ0v) is 16.4. The number of halogens is 1. The Hall–Kier alpha value is -2.69. The number of methoxy groups -OCH3 is 1. The molecule has 2 aromatic carbocycles. The summed E-state index contributed by atoms with van der Waals surface area (Å²) in [5.41, 5.74) is 4.08. The van der Waals surface area contributed by atoms with Crippen molar-refractivity contribution in [2.75, 3.05) is 18.6 Å². The van der Waals surface area contributed by atoms with Crippen LogP contribution in [-0.2, 0) is 10.2 Å². The van der Waals surface area contributed by atoms with Crippen LogP contribution < -0.4 is 9.64 Å². The highest BCUT2D eigenvalue weighted by atomic mass is 19.1. The smallest absolute Gasteiger partial charge is 0.227 e. The van der Waals surface area contributed by atoms with Crippen LogP contribution in [0.2, 0.25) is 0 Å². The van der Waals surface area contributed by atoms with Crippen molar-refractivity contribution in [2.24, 2.45) is 0 Å². The summed E-state index contributed by atoms with van der Waals surface area (Å²) in [6, 6.07) is 6.76. The first-order valence-electron chi connectivity index (χ1n) is 9.02. The van der Waals surface area contributed by atoms with Gasteiger partial charge < -0.3 is 9.64 Å². The number of aldehydes is 1. The van der Waals surface area contributed by atoms with E-state index in [0.29, 0.717) is 24.8 Å². The Balaban J connectivity index is 2.32. The molecule has 0 aliphatic carbocycles. The normalized spacial score (nSPS) is 15.5. The van der Waals surface area contributed by atoms with Crippen LogP contribution in [0.1, 0.15) is 48.7 Å². The molecule has 4 nitrogen and oxygen atoms in total. The Morgan fingerprint density at radius 2 is 1.93 bits per heavy atom. The molecule has 0 saturated heterocycles. The maximum absolute atomic E-state index is 14.4. The Bertz CT molecular complexity index is 934. The first-order chi connectivity index (χ1) is 12.7. The number of amides is 1. The molecule has 0 atom stereocenters. The highest BCUT2D eigenvalue weighted by molar-refractivity contribution is 5.99. The summed E-state index contributed by atoms with van der Waals surface area (Å²) < 4.78 is 19.7. The molecule has 0 radical (unpaired) electrons. The van der Waals surface area contributed by atoms with Gasteiger partial charge in [-0.15, -0.1) is 0 Å². The Labute approximate surface area is 158 Å². The molecule has 142 valence electrons. The van der Waals surface area contributed by atoms with Crippen LogP contribution in [0.3, 0.4) is 0 Å². The zero-order chi connectivity index (χ0) is 19.9. The maximum atomic E-state index is 14.4. The Morgan fingerprint density at radius 1 is 1.22 bits per heavy atom. The van der Waals surface area contributed by atoms with Gasteiger partial charge in [-0.3, -0.25) is 9.59 Å². The lowest BCUT2D eigenvalue weighted by atomic mass is 9.75. The van der Waals surface area contributed by atoms with Crippen molar-refractivity contribution in [3.05, 3.63) is 46.8 Å². The molecule has 0 N–H and O–H groups in total. The molecule has 0 spiro atoms. The summed E-state index contributed by atoms with van der Waals surface area (Å²) in [5.74, 6) is -0.421. The van der Waals surface area contributed by atoms with E-state index in [9.17, 15) is 14.0 Å². The molecule has 1 heterocycles. The van der Waals surface area contributed by atoms with Gasteiger partial charge in [-0.1, -0.05) is 19.9 Å². The molecule has 0 aromatic heterocycles. The molecule has 5 heteroatoms. The number of hydrogen-bond acceptors (Lipinski definition) is 3. The van der Waals surface area contributed by atoms with E-state index in [1.165, 1.54) is 7.11 Å². The van der Waals surface area contributed by atoms with Crippen LogP contribution in [-0.4, -0.2) is 25.8 Å². The van der Waals surface area contributed by atoms with Gasteiger partial charge in [0.05, 0.1) is 7.11 Å². The molecule has 0 unspecified atom stereocenters. The second-order valence-electron chi connectivity index (χ2n) is 7.58. The van der Waals surface area contributed by atoms with Crippen LogP contribution in [0.5, 0.6) is 5.75 Å². The molecule has 0 fully saturated rings. The molecular weight excluding hydrogens is 345 g/mol. The lowest BCUT2D eigenvalue weighted by molar-refractivity contribution is -0.120. The third-order valence-corrected chi connectivity index (χ3v) is 5.27. The van der Waals surface area contributed by atoms with Gasteiger partial charge in [-0.05, 0) is 48.7 Å². The summed E-state index contributed by atoms with van der Waals surface area (Å²) in [7, 11) is 1.40. The SMILES string of the molecule is CCN1C(=O)CC(C)(C)c2cc(C)c(-c3cc(C=O)cc(F)c3OC)cc21. The van der Waals surface area contributed by atoms with Gasteiger partial charge in [0.1, 0.15) is 6.29 Å². The fourth-order valence-electron chi connectivity index (χ4n) is 3.89. The van der Waals surface area contributed by atoms with Crippen molar-refractivity contribution < 1.29 is 18.7 Å². The first-order valence-corrected chi connectivity index (χ1v) is 9.02. The number of fused-ring (bicyclic) bond motifs is 1. The molecular formula is C22H24FNO3. The van der Waals surface area contributed by atoms with Crippen molar-refractivity contribution in [1.82, 2.24) is 0 Å². The molecule has 0 saturated carbocycles. The predicted molar refractivity (Wildman–Crippen MR) is 104 cm³/mol. The van der Waals surface area contributed by atoms with Gasteiger partial charge in [-0.2, -0.15) is 0 Å². The third kappa shape index (κ3) is 3.11. The van der Waals surface area contributed by atoms with E-state index in [0.717, 1.165) is 28.4 Å². The van der Waals surface area contributed by atoms with Gasteiger partial charge in [0.2, 0.25) is 5.91 Å². The van der Waals surface area contributed by atoms with Crippen molar-refractivity contribution in [1.29, 1.82) is 0 Å². The van der Waals surface area contributed by atoms with Crippen molar-refractivity contribution in [3.63, 3.8) is 0 Å². The number of anilines is 1. The fraction of sp³-hybridized carbons (Fsp3) is 0.364. The highest BCUT2D eigenvalue weighted by Crippen LogP contribution is 2.45. The zero-order valence-electron chi connectivity index (χ0n) is 16.4. The Morgan fingerprint density at radius 3 is 2.52 bits per heavy atom. The van der Waals surface area contributed by atoms with Gasteiger partial charge in [0.25, 0.3) is 0 Å². The van der Waals surface area contributed by atoms with Crippen LogP contribution in [0.25, 0.3) is 11.1 Å². The van der Waals surface area contributed by atoms with Gasteiger partial charge in [0.15, 0.2) is 11.6 Å². The van der Waals surface area contributed by atoms with Crippen molar-refractivity contribution >= 4 is 17.9 Å². The molecule has 1 aliphatic heterocycles. The van der Waals surface area contributed by atoms with Crippen LogP contribution >= 0.6 is 0 Å². The second-order valence-corrected chi connectivity index (χ2v) is 7.58. The maximum Gasteiger partial charge on any atom is 0.227 e. The lowest BCUT2D eigenvalue weighted by Crippen LogP contribution is -2.41. The summed E-state index contributed by atoms with van der Waals surface area (Å²) >= 11 is 0. The van der Waals surface area contributed by atoms with Gasteiger partial charge >= 0.3 is 0 Å². The quantitative estimate of drug-likeness (QED) is 0.737. The average Bonchev–Trinajstić information content (AvgIpc) is 2.61. The van der Waals surface area contributed by atoms with Gasteiger partial charge in [0, 0.05) is 35.2 Å². The number of hydrogen-bond donors (Lipinski definition) is 0. The van der Waals surface area contributed by atoms with Gasteiger partial charge in [-0.25, -0.2) is 4.39 Å². The van der Waals surface area contributed by atoms with Crippen LogP contribution in [0, 0.1) is 12.7 Å². The van der Waals surface area contributed by atoms with E-state index >= 15 is 0 Å². The van der Waals surface area contributed by atoms with E-state index in [1.54, 1.807) is 11.0 Å². The predicted octanol–water partition coefficient (Wildman–Crippen LogP) is 4.66. The molecule has 2 aromatic rings. The molecule has 0 bridgehead atoms. The van der Waals surface area contributed by atoms with E-state index in [1.807, 2.05) is 19.9 Å². The fourth-order valence-corrected chi connectivity index (χ4v) is 3.89. The topological polar surface area (TPSA) is 46.6 Å². The lowest BCUT2D eigenvalue weighted by Gasteiger charge is -2.39. The van der Waals surface area contributed by atoms with E-state index in [2.05, 4.69) is 19.9 Å². The minimum atomic E-state index is -0.585. The number of rotatable bonds is 4. The number of nitrogens with zero attached hydrogens (tertiary/aromatic N) is 1. The number of benzene rings is 2. The van der Waals surface area contributed by atoms with Crippen LogP contribution in [0.4, 0.5) is 10.1 Å².